The molecule has 1 aromatic heterocycles. The van der Waals surface area contributed by atoms with Gasteiger partial charge in [-0.25, -0.2) is 0 Å². The molecule has 0 radical (unpaired) electrons. The number of fused-ring (bicyclic) bond motifs is 1. The number of hydrogen-bond donors (Lipinski definition) is 1. The van der Waals surface area contributed by atoms with Gasteiger partial charge in [0.05, 0.1) is 12.3 Å². The van der Waals surface area contributed by atoms with Gasteiger partial charge in [0.15, 0.2) is 5.76 Å². The average molecular weight is 305 g/mol. The summed E-state index contributed by atoms with van der Waals surface area (Å²) in [6.07, 6.45) is 1.54. The van der Waals surface area contributed by atoms with Crippen molar-refractivity contribution in [3.05, 3.63) is 78.3 Å². The molecule has 0 bridgehead atoms. The van der Waals surface area contributed by atoms with E-state index in [1.165, 1.54) is 6.26 Å². The van der Waals surface area contributed by atoms with Gasteiger partial charge in [0, 0.05) is 11.1 Å². The van der Waals surface area contributed by atoms with Gasteiger partial charge in [-0.05, 0) is 17.7 Å². The molecule has 1 unspecified atom stereocenters. The topological polar surface area (TPSA) is 51.5 Å². The fourth-order valence-corrected chi connectivity index (χ4v) is 2.84. The molecule has 0 spiro atoms. The van der Waals surface area contributed by atoms with Crippen molar-refractivity contribution in [1.82, 2.24) is 5.32 Å². The van der Waals surface area contributed by atoms with Gasteiger partial charge in [-0.1, -0.05) is 48.5 Å². The molecule has 3 aromatic rings. The maximum Gasteiger partial charge on any atom is 0.288 e. The van der Waals surface area contributed by atoms with Gasteiger partial charge in [0.25, 0.3) is 5.91 Å². The fraction of sp³-hybridized carbons (Fsp3) is 0.105. The number of amides is 1. The zero-order valence-corrected chi connectivity index (χ0v) is 12.4. The lowest BCUT2D eigenvalue weighted by atomic mass is 10.1. The lowest BCUT2D eigenvalue weighted by Gasteiger charge is -2.11. The van der Waals surface area contributed by atoms with Crippen LogP contribution in [0.2, 0.25) is 0 Å². The van der Waals surface area contributed by atoms with Crippen molar-refractivity contribution in [3.8, 4) is 16.9 Å². The molecule has 114 valence electrons. The third kappa shape index (κ3) is 2.48. The van der Waals surface area contributed by atoms with Crippen molar-refractivity contribution < 1.29 is 13.9 Å². The second-order valence-corrected chi connectivity index (χ2v) is 5.40. The first kappa shape index (κ1) is 13.6. The largest absolute Gasteiger partial charge is 0.491 e. The maximum atomic E-state index is 12.6. The molecule has 1 aliphatic rings. The van der Waals surface area contributed by atoms with Gasteiger partial charge >= 0.3 is 0 Å². The Hall–Kier alpha value is -3.01. The number of para-hydroxylation sites is 1. The van der Waals surface area contributed by atoms with E-state index in [4.69, 9.17) is 9.15 Å². The summed E-state index contributed by atoms with van der Waals surface area (Å²) in [4.78, 5) is 12.6. The van der Waals surface area contributed by atoms with Gasteiger partial charge in [-0.3, -0.25) is 4.79 Å². The normalized spacial score (nSPS) is 15.7. The number of carbonyl (C=O) groups excluding carboxylic acids is 1. The van der Waals surface area contributed by atoms with Crippen molar-refractivity contribution in [2.24, 2.45) is 0 Å². The highest BCUT2D eigenvalue weighted by atomic mass is 16.5. The molecular weight excluding hydrogens is 290 g/mol. The van der Waals surface area contributed by atoms with Crippen molar-refractivity contribution in [2.45, 2.75) is 6.04 Å². The minimum absolute atomic E-state index is 0.160. The number of rotatable bonds is 3. The summed E-state index contributed by atoms with van der Waals surface area (Å²) in [5.74, 6) is 0.903. The molecule has 0 saturated heterocycles. The van der Waals surface area contributed by atoms with Gasteiger partial charge in [-0.15, -0.1) is 0 Å². The van der Waals surface area contributed by atoms with Crippen LogP contribution in [0.15, 0.2) is 71.3 Å². The van der Waals surface area contributed by atoms with E-state index in [0.29, 0.717) is 12.4 Å². The highest BCUT2D eigenvalue weighted by Crippen LogP contribution is 2.32. The van der Waals surface area contributed by atoms with Crippen LogP contribution in [0.5, 0.6) is 5.75 Å². The van der Waals surface area contributed by atoms with Crippen LogP contribution in [0.25, 0.3) is 11.1 Å². The van der Waals surface area contributed by atoms with Crippen LogP contribution < -0.4 is 10.1 Å². The van der Waals surface area contributed by atoms with Crippen LogP contribution in [0.3, 0.4) is 0 Å². The monoisotopic (exact) mass is 305 g/mol. The number of ether oxygens (including phenoxy) is 1. The predicted octanol–water partition coefficient (Wildman–Crippen LogP) is 3.81. The Kier molecular flexibility index (Phi) is 3.35. The summed E-state index contributed by atoms with van der Waals surface area (Å²) in [7, 11) is 0. The number of benzene rings is 2. The molecule has 0 saturated carbocycles. The van der Waals surface area contributed by atoms with E-state index in [1.54, 1.807) is 0 Å². The standard InChI is InChI=1S/C19H15NO3/c21-19(20-16-12-23-17-9-5-4-8-15(16)17)18-14(10-11-22-18)13-6-2-1-3-7-13/h1-11,16H,12H2,(H,20,21). The maximum absolute atomic E-state index is 12.6. The molecule has 4 heteroatoms. The molecule has 4 rings (SSSR count). The quantitative estimate of drug-likeness (QED) is 0.800. The van der Waals surface area contributed by atoms with Crippen LogP contribution in [0.1, 0.15) is 22.2 Å². The van der Waals surface area contributed by atoms with Crippen molar-refractivity contribution in [1.29, 1.82) is 0 Å². The Bertz CT molecular complexity index is 839. The van der Waals surface area contributed by atoms with Gasteiger partial charge in [0.2, 0.25) is 0 Å². The lowest BCUT2D eigenvalue weighted by Crippen LogP contribution is -2.29. The van der Waals surface area contributed by atoms with E-state index in [-0.39, 0.29) is 11.9 Å². The number of carbonyl (C=O) groups is 1. The molecule has 2 heterocycles. The molecule has 0 aliphatic carbocycles. The first-order chi connectivity index (χ1) is 11.3. The number of hydrogen-bond acceptors (Lipinski definition) is 3. The second-order valence-electron chi connectivity index (χ2n) is 5.40. The zero-order valence-electron chi connectivity index (χ0n) is 12.4. The molecule has 1 atom stereocenters. The minimum Gasteiger partial charge on any atom is -0.491 e. The van der Waals surface area contributed by atoms with Crippen molar-refractivity contribution in [3.63, 3.8) is 0 Å². The third-order valence-corrected chi connectivity index (χ3v) is 3.96. The Morgan fingerprint density at radius 1 is 1.00 bits per heavy atom. The Morgan fingerprint density at radius 2 is 1.78 bits per heavy atom. The molecule has 23 heavy (non-hydrogen) atoms. The van der Waals surface area contributed by atoms with E-state index in [9.17, 15) is 4.79 Å². The van der Waals surface area contributed by atoms with Crippen LogP contribution in [0, 0.1) is 0 Å². The summed E-state index contributed by atoms with van der Waals surface area (Å²) < 4.78 is 11.0. The first-order valence-electron chi connectivity index (χ1n) is 7.48. The van der Waals surface area contributed by atoms with Crippen LogP contribution in [-0.4, -0.2) is 12.5 Å². The van der Waals surface area contributed by atoms with Gasteiger partial charge in [0.1, 0.15) is 12.4 Å². The van der Waals surface area contributed by atoms with E-state index in [0.717, 1.165) is 22.4 Å². The van der Waals surface area contributed by atoms with Crippen LogP contribution in [0.4, 0.5) is 0 Å². The summed E-state index contributed by atoms with van der Waals surface area (Å²) in [6.45, 7) is 0.437. The lowest BCUT2D eigenvalue weighted by molar-refractivity contribution is 0.0903. The van der Waals surface area contributed by atoms with E-state index in [2.05, 4.69) is 5.32 Å². The Morgan fingerprint density at radius 3 is 2.65 bits per heavy atom. The highest BCUT2D eigenvalue weighted by Gasteiger charge is 2.27. The Balaban J connectivity index is 1.59. The van der Waals surface area contributed by atoms with Gasteiger partial charge in [-0.2, -0.15) is 0 Å². The van der Waals surface area contributed by atoms with E-state index in [1.807, 2.05) is 60.7 Å². The van der Waals surface area contributed by atoms with E-state index < -0.39 is 0 Å². The molecule has 4 nitrogen and oxygen atoms in total. The van der Waals surface area contributed by atoms with Crippen molar-refractivity contribution in [2.75, 3.05) is 6.61 Å². The number of furan rings is 1. The van der Waals surface area contributed by atoms with E-state index >= 15 is 0 Å². The summed E-state index contributed by atoms with van der Waals surface area (Å²) in [5, 5.41) is 2.99. The summed E-state index contributed by atoms with van der Waals surface area (Å²) >= 11 is 0. The Labute approximate surface area is 133 Å². The summed E-state index contributed by atoms with van der Waals surface area (Å²) in [5.41, 5.74) is 2.73. The fourth-order valence-electron chi connectivity index (χ4n) is 2.84. The first-order valence-corrected chi connectivity index (χ1v) is 7.48. The summed E-state index contributed by atoms with van der Waals surface area (Å²) in [6, 6.07) is 19.1. The minimum atomic E-state index is -0.237. The highest BCUT2D eigenvalue weighted by molar-refractivity contribution is 5.98. The molecule has 2 aromatic carbocycles. The SMILES string of the molecule is O=C(NC1COc2ccccc21)c1occc1-c1ccccc1. The molecule has 1 aliphatic heterocycles. The van der Waals surface area contributed by atoms with Crippen LogP contribution in [-0.2, 0) is 0 Å². The molecular formula is C19H15NO3. The number of nitrogens with one attached hydrogen (secondary N) is 1. The molecule has 1 amide bonds. The third-order valence-electron chi connectivity index (χ3n) is 3.96. The van der Waals surface area contributed by atoms with Crippen LogP contribution >= 0.6 is 0 Å². The molecule has 1 N–H and O–H groups in total. The van der Waals surface area contributed by atoms with Gasteiger partial charge < -0.3 is 14.5 Å². The molecule has 0 fully saturated rings. The zero-order chi connectivity index (χ0) is 15.6. The second kappa shape index (κ2) is 5.65. The van der Waals surface area contributed by atoms with Crippen molar-refractivity contribution >= 4 is 5.91 Å². The smallest absolute Gasteiger partial charge is 0.288 e. The average Bonchev–Trinajstić information content (AvgIpc) is 3.23. The predicted molar refractivity (Wildman–Crippen MR) is 86.3 cm³/mol.